The largest absolute Gasteiger partial charge is 0.449 e. The summed E-state index contributed by atoms with van der Waals surface area (Å²) in [6, 6.07) is 3.25. The lowest BCUT2D eigenvalue weighted by Crippen LogP contribution is -2.24. The van der Waals surface area contributed by atoms with Gasteiger partial charge < -0.3 is 10.1 Å². The van der Waals surface area contributed by atoms with Crippen LogP contribution in [-0.4, -0.2) is 23.0 Å². The van der Waals surface area contributed by atoms with Crippen molar-refractivity contribution in [3.05, 3.63) is 28.0 Å². The summed E-state index contributed by atoms with van der Waals surface area (Å²) in [4.78, 5) is 14.9. The molecule has 0 atom stereocenters. The summed E-state index contributed by atoms with van der Waals surface area (Å²) in [5.41, 5.74) is 0.765. The Bertz CT molecular complexity index is 356. The highest BCUT2D eigenvalue weighted by atomic mass is 79.9. The fraction of sp³-hybridized carbons (Fsp3) is 0.333. The number of amides is 1. The van der Waals surface area contributed by atoms with E-state index < -0.39 is 6.09 Å². The molecule has 0 radical (unpaired) electrons. The van der Waals surface area contributed by atoms with Crippen molar-refractivity contribution in [1.29, 1.82) is 0 Å². The Kier molecular flexibility index (Phi) is 5.87. The lowest BCUT2D eigenvalue weighted by Gasteiger charge is -2.06. The zero-order chi connectivity index (χ0) is 12.0. The molecule has 0 aliphatic heterocycles. The second-order valence-electron chi connectivity index (χ2n) is 2.80. The summed E-state index contributed by atoms with van der Waals surface area (Å²) >= 11 is 14.6. The van der Waals surface area contributed by atoms with Crippen molar-refractivity contribution in [3.63, 3.8) is 0 Å². The summed E-state index contributed by atoms with van der Waals surface area (Å²) in [6.07, 6.45) is -0.483. The molecule has 0 saturated carbocycles. The molecular formula is C9H9BrCl2N2O2. The molecule has 1 heterocycles. The molecule has 4 nitrogen and oxygen atoms in total. The fourth-order valence-corrected chi connectivity index (χ4v) is 1.64. The second kappa shape index (κ2) is 6.93. The molecule has 1 aromatic rings. The predicted molar refractivity (Wildman–Crippen MR) is 66.2 cm³/mol. The average molecular weight is 328 g/mol. The standard InChI is InChI=1S/C9H9BrCl2N2O2/c10-1-2-16-9(15)13-5-6-3-7(11)14-8(12)4-6/h3-4H,1-2,5H2,(H,13,15). The molecule has 1 N–H and O–H groups in total. The maximum Gasteiger partial charge on any atom is 0.407 e. The first kappa shape index (κ1) is 13.5. The van der Waals surface area contributed by atoms with Crippen LogP contribution in [0.1, 0.15) is 5.56 Å². The van der Waals surface area contributed by atoms with Crippen LogP contribution in [0, 0.1) is 0 Å². The van der Waals surface area contributed by atoms with E-state index in [0.29, 0.717) is 18.5 Å². The Balaban J connectivity index is 2.45. The van der Waals surface area contributed by atoms with Gasteiger partial charge in [-0.1, -0.05) is 39.1 Å². The van der Waals surface area contributed by atoms with Crippen LogP contribution in [0.4, 0.5) is 4.79 Å². The minimum atomic E-state index is -0.483. The molecule has 16 heavy (non-hydrogen) atoms. The summed E-state index contributed by atoms with van der Waals surface area (Å²) < 4.78 is 4.79. The normalized spacial score (nSPS) is 9.94. The number of hydrogen-bond acceptors (Lipinski definition) is 3. The quantitative estimate of drug-likeness (QED) is 0.683. The highest BCUT2D eigenvalue weighted by Gasteiger charge is 2.03. The first-order valence-electron chi connectivity index (χ1n) is 4.40. The predicted octanol–water partition coefficient (Wildman–Crippen LogP) is 3.01. The number of ether oxygens (including phenoxy) is 1. The summed E-state index contributed by atoms with van der Waals surface area (Å²) in [5, 5.41) is 3.75. The highest BCUT2D eigenvalue weighted by molar-refractivity contribution is 9.09. The van der Waals surface area contributed by atoms with Crippen molar-refractivity contribution in [2.45, 2.75) is 6.54 Å². The van der Waals surface area contributed by atoms with Gasteiger partial charge in [0.15, 0.2) is 0 Å². The number of halogens is 3. The number of carbonyl (C=O) groups excluding carboxylic acids is 1. The van der Waals surface area contributed by atoms with E-state index in [-0.39, 0.29) is 10.3 Å². The van der Waals surface area contributed by atoms with Gasteiger partial charge in [0.05, 0.1) is 0 Å². The van der Waals surface area contributed by atoms with E-state index in [1.807, 2.05) is 0 Å². The molecule has 0 bridgehead atoms. The van der Waals surface area contributed by atoms with Gasteiger partial charge in [-0.2, -0.15) is 0 Å². The molecule has 0 spiro atoms. The van der Waals surface area contributed by atoms with Gasteiger partial charge in [0.1, 0.15) is 16.9 Å². The zero-order valence-electron chi connectivity index (χ0n) is 8.17. The van der Waals surface area contributed by atoms with Gasteiger partial charge in [-0.3, -0.25) is 0 Å². The zero-order valence-corrected chi connectivity index (χ0v) is 11.3. The molecule has 1 aromatic heterocycles. The van der Waals surface area contributed by atoms with Crippen LogP contribution in [0.2, 0.25) is 10.3 Å². The Labute approximate surface area is 111 Å². The third kappa shape index (κ3) is 5.01. The number of hydrogen-bond donors (Lipinski definition) is 1. The topological polar surface area (TPSA) is 51.2 Å². The van der Waals surface area contributed by atoms with Crippen LogP contribution < -0.4 is 5.32 Å². The van der Waals surface area contributed by atoms with Crippen LogP contribution in [-0.2, 0) is 11.3 Å². The number of nitrogens with zero attached hydrogens (tertiary/aromatic N) is 1. The van der Waals surface area contributed by atoms with E-state index in [9.17, 15) is 4.79 Å². The van der Waals surface area contributed by atoms with E-state index in [1.54, 1.807) is 12.1 Å². The molecule has 0 aromatic carbocycles. The van der Waals surface area contributed by atoms with Crippen molar-refractivity contribution in [2.75, 3.05) is 11.9 Å². The lowest BCUT2D eigenvalue weighted by molar-refractivity contribution is 0.153. The molecule has 1 rings (SSSR count). The van der Waals surface area contributed by atoms with Gasteiger partial charge >= 0.3 is 6.09 Å². The maximum absolute atomic E-state index is 11.1. The van der Waals surface area contributed by atoms with Crippen LogP contribution in [0.25, 0.3) is 0 Å². The summed E-state index contributed by atoms with van der Waals surface area (Å²) in [5.74, 6) is 0. The number of aromatic nitrogens is 1. The van der Waals surface area contributed by atoms with Crippen LogP contribution >= 0.6 is 39.1 Å². The molecule has 1 amide bonds. The minimum absolute atomic E-state index is 0.290. The lowest BCUT2D eigenvalue weighted by atomic mass is 10.3. The first-order valence-corrected chi connectivity index (χ1v) is 6.28. The van der Waals surface area contributed by atoms with Gasteiger partial charge in [-0.15, -0.1) is 0 Å². The Hall–Kier alpha value is -0.520. The van der Waals surface area contributed by atoms with Crippen molar-refractivity contribution in [3.8, 4) is 0 Å². The SMILES string of the molecule is O=C(NCc1cc(Cl)nc(Cl)c1)OCCBr. The molecule has 88 valence electrons. The Morgan fingerprint density at radius 1 is 1.44 bits per heavy atom. The number of carbonyl (C=O) groups is 1. The monoisotopic (exact) mass is 326 g/mol. The van der Waals surface area contributed by atoms with Gasteiger partial charge in [0, 0.05) is 11.9 Å². The van der Waals surface area contributed by atoms with E-state index >= 15 is 0 Å². The third-order valence-electron chi connectivity index (χ3n) is 1.57. The van der Waals surface area contributed by atoms with Crippen molar-refractivity contribution < 1.29 is 9.53 Å². The summed E-state index contributed by atoms with van der Waals surface area (Å²) in [6.45, 7) is 0.618. The molecule has 0 aliphatic carbocycles. The van der Waals surface area contributed by atoms with E-state index in [4.69, 9.17) is 27.9 Å². The smallest absolute Gasteiger partial charge is 0.407 e. The maximum atomic E-state index is 11.1. The van der Waals surface area contributed by atoms with Gasteiger partial charge in [-0.05, 0) is 17.7 Å². The molecule has 0 unspecified atom stereocenters. The minimum Gasteiger partial charge on any atom is -0.449 e. The number of rotatable bonds is 4. The molecular weight excluding hydrogens is 319 g/mol. The molecule has 7 heteroatoms. The van der Waals surface area contributed by atoms with E-state index in [1.165, 1.54) is 0 Å². The van der Waals surface area contributed by atoms with E-state index in [0.717, 1.165) is 5.56 Å². The van der Waals surface area contributed by atoms with Crippen LogP contribution in [0.15, 0.2) is 12.1 Å². The summed E-state index contributed by atoms with van der Waals surface area (Å²) in [7, 11) is 0. The fourth-order valence-electron chi connectivity index (χ4n) is 0.973. The van der Waals surface area contributed by atoms with Gasteiger partial charge in [-0.25, -0.2) is 9.78 Å². The molecule has 0 saturated heterocycles. The van der Waals surface area contributed by atoms with E-state index in [2.05, 4.69) is 26.2 Å². The number of alkyl carbamates (subject to hydrolysis) is 1. The Morgan fingerprint density at radius 3 is 2.62 bits per heavy atom. The third-order valence-corrected chi connectivity index (χ3v) is 2.28. The van der Waals surface area contributed by atoms with Gasteiger partial charge in [0.2, 0.25) is 0 Å². The second-order valence-corrected chi connectivity index (χ2v) is 4.37. The first-order chi connectivity index (χ1) is 7.61. The average Bonchev–Trinajstić information content (AvgIpc) is 2.22. The number of nitrogens with one attached hydrogen (secondary N) is 1. The van der Waals surface area contributed by atoms with Crippen molar-refractivity contribution >= 4 is 45.2 Å². The van der Waals surface area contributed by atoms with Crippen molar-refractivity contribution in [2.24, 2.45) is 0 Å². The van der Waals surface area contributed by atoms with Crippen molar-refractivity contribution in [1.82, 2.24) is 10.3 Å². The Morgan fingerprint density at radius 2 is 2.06 bits per heavy atom. The molecule has 0 fully saturated rings. The number of pyridine rings is 1. The number of alkyl halides is 1. The molecule has 0 aliphatic rings. The van der Waals surface area contributed by atoms with Crippen LogP contribution in [0.5, 0.6) is 0 Å². The van der Waals surface area contributed by atoms with Crippen LogP contribution in [0.3, 0.4) is 0 Å². The highest BCUT2D eigenvalue weighted by Crippen LogP contribution is 2.14. The van der Waals surface area contributed by atoms with Gasteiger partial charge in [0.25, 0.3) is 0 Å².